The van der Waals surface area contributed by atoms with E-state index in [1.54, 1.807) is 25.0 Å². The van der Waals surface area contributed by atoms with E-state index in [1.807, 2.05) is 57.2 Å². The molecule has 28 heavy (non-hydrogen) atoms. The zero-order valence-electron chi connectivity index (χ0n) is 16.6. The molecule has 0 aliphatic rings. The predicted octanol–water partition coefficient (Wildman–Crippen LogP) is 3.93. The quantitative estimate of drug-likeness (QED) is 0.654. The first-order valence-electron chi connectivity index (χ1n) is 8.90. The number of benzene rings is 1. The van der Waals surface area contributed by atoms with E-state index < -0.39 is 0 Å². The molecule has 0 atom stereocenters. The number of thiazole rings is 1. The molecule has 2 aromatic heterocycles. The maximum atomic E-state index is 13.2. The second-order valence-electron chi connectivity index (χ2n) is 6.46. The van der Waals surface area contributed by atoms with Gasteiger partial charge in [0.2, 0.25) is 0 Å². The van der Waals surface area contributed by atoms with Gasteiger partial charge in [0.15, 0.2) is 11.5 Å². The first-order valence-corrected chi connectivity index (χ1v) is 9.72. The van der Waals surface area contributed by atoms with E-state index >= 15 is 0 Å². The van der Waals surface area contributed by atoms with Gasteiger partial charge in [0, 0.05) is 17.8 Å². The van der Waals surface area contributed by atoms with E-state index in [1.165, 1.54) is 11.3 Å². The molecule has 0 saturated heterocycles. The summed E-state index contributed by atoms with van der Waals surface area (Å²) in [6.45, 7) is 5.81. The Hall–Kier alpha value is -2.93. The SMILES string of the molecule is COc1ccc(-c2nc(C)c(C(=O)n3ccccc3=NC(C)C)s2)cc1OC. The molecule has 3 rings (SSSR count). The summed E-state index contributed by atoms with van der Waals surface area (Å²) in [7, 11) is 3.19. The van der Waals surface area contributed by atoms with Crippen LogP contribution in [0.15, 0.2) is 47.6 Å². The van der Waals surface area contributed by atoms with Crippen LogP contribution >= 0.6 is 11.3 Å². The molecule has 0 spiro atoms. The Bertz CT molecular complexity index is 1070. The van der Waals surface area contributed by atoms with E-state index in [2.05, 4.69) is 9.98 Å². The van der Waals surface area contributed by atoms with Crippen molar-refractivity contribution in [3.8, 4) is 22.1 Å². The highest BCUT2D eigenvalue weighted by molar-refractivity contribution is 7.17. The summed E-state index contributed by atoms with van der Waals surface area (Å²) in [6, 6.07) is 11.2. The maximum absolute atomic E-state index is 13.2. The van der Waals surface area contributed by atoms with Gasteiger partial charge in [0.1, 0.15) is 15.4 Å². The first kappa shape index (κ1) is 19.8. The maximum Gasteiger partial charge on any atom is 0.275 e. The fourth-order valence-corrected chi connectivity index (χ4v) is 3.77. The topological polar surface area (TPSA) is 65.7 Å². The number of hydrogen-bond donors (Lipinski definition) is 0. The van der Waals surface area contributed by atoms with Crippen molar-refractivity contribution in [3.63, 3.8) is 0 Å². The highest BCUT2D eigenvalue weighted by atomic mass is 32.1. The van der Waals surface area contributed by atoms with Crippen LogP contribution in [0.5, 0.6) is 11.5 Å². The molecule has 1 aromatic carbocycles. The first-order chi connectivity index (χ1) is 13.4. The number of hydrogen-bond acceptors (Lipinski definition) is 6. The van der Waals surface area contributed by atoms with Crippen molar-refractivity contribution < 1.29 is 14.3 Å². The molecule has 2 heterocycles. The van der Waals surface area contributed by atoms with E-state index in [9.17, 15) is 4.79 Å². The fraction of sp³-hybridized carbons (Fsp3) is 0.286. The van der Waals surface area contributed by atoms with E-state index in [4.69, 9.17) is 9.47 Å². The van der Waals surface area contributed by atoms with Crippen LogP contribution in [0.4, 0.5) is 0 Å². The molecular weight excluding hydrogens is 374 g/mol. The second kappa shape index (κ2) is 8.39. The minimum atomic E-state index is -0.137. The van der Waals surface area contributed by atoms with E-state index in [0.717, 1.165) is 10.6 Å². The summed E-state index contributed by atoms with van der Waals surface area (Å²) in [5.41, 5.74) is 2.18. The number of rotatable bonds is 5. The Morgan fingerprint density at radius 1 is 1.14 bits per heavy atom. The van der Waals surface area contributed by atoms with Gasteiger partial charge < -0.3 is 9.47 Å². The molecule has 0 N–H and O–H groups in total. The lowest BCUT2D eigenvalue weighted by Gasteiger charge is -2.08. The average molecular weight is 398 g/mol. The summed E-state index contributed by atoms with van der Waals surface area (Å²) >= 11 is 1.36. The second-order valence-corrected chi connectivity index (χ2v) is 7.46. The number of ether oxygens (including phenoxy) is 2. The van der Waals surface area contributed by atoms with Gasteiger partial charge in [-0.25, -0.2) is 4.98 Å². The van der Waals surface area contributed by atoms with Crippen LogP contribution in [0.1, 0.15) is 29.2 Å². The Kier molecular flexibility index (Phi) is 5.94. The molecule has 0 aliphatic heterocycles. The van der Waals surface area contributed by atoms with Gasteiger partial charge in [-0.1, -0.05) is 6.07 Å². The highest BCUT2D eigenvalue weighted by Crippen LogP contribution is 2.35. The van der Waals surface area contributed by atoms with Crippen LogP contribution in [-0.2, 0) is 0 Å². The van der Waals surface area contributed by atoms with Crippen LogP contribution in [0, 0.1) is 6.92 Å². The smallest absolute Gasteiger partial charge is 0.275 e. The molecule has 6 nitrogen and oxygen atoms in total. The third kappa shape index (κ3) is 3.99. The van der Waals surface area contributed by atoms with Crippen LogP contribution in [-0.4, -0.2) is 35.7 Å². The van der Waals surface area contributed by atoms with E-state index in [-0.39, 0.29) is 11.9 Å². The van der Waals surface area contributed by atoms with Crippen molar-refractivity contribution in [1.29, 1.82) is 0 Å². The van der Waals surface area contributed by atoms with Crippen molar-refractivity contribution in [2.45, 2.75) is 26.8 Å². The largest absolute Gasteiger partial charge is 0.493 e. The van der Waals surface area contributed by atoms with Crippen LogP contribution in [0.2, 0.25) is 0 Å². The van der Waals surface area contributed by atoms with Crippen molar-refractivity contribution >= 4 is 17.2 Å². The Labute approximate surface area is 168 Å². The van der Waals surface area contributed by atoms with Crippen molar-refractivity contribution in [3.05, 3.63) is 58.7 Å². The molecule has 0 saturated carbocycles. The van der Waals surface area contributed by atoms with Crippen LogP contribution < -0.4 is 15.0 Å². The van der Waals surface area contributed by atoms with Gasteiger partial charge in [-0.05, 0) is 51.1 Å². The number of carbonyl (C=O) groups excluding carboxylic acids is 1. The van der Waals surface area contributed by atoms with Gasteiger partial charge in [0.25, 0.3) is 5.91 Å². The summed E-state index contributed by atoms with van der Waals surface area (Å²) in [5.74, 6) is 1.13. The molecular formula is C21H23N3O3S. The monoisotopic (exact) mass is 397 g/mol. The predicted molar refractivity (Wildman–Crippen MR) is 110 cm³/mol. The lowest BCUT2D eigenvalue weighted by molar-refractivity contribution is 0.0958. The molecule has 0 aliphatic carbocycles. The number of carbonyl (C=O) groups is 1. The normalized spacial score (nSPS) is 11.7. The molecule has 3 aromatic rings. The van der Waals surface area contributed by atoms with Crippen LogP contribution in [0.3, 0.4) is 0 Å². The summed E-state index contributed by atoms with van der Waals surface area (Å²) < 4.78 is 12.2. The lowest BCUT2D eigenvalue weighted by atomic mass is 10.2. The highest BCUT2D eigenvalue weighted by Gasteiger charge is 2.19. The molecule has 146 valence electrons. The Balaban J connectivity index is 2.03. The molecule has 0 fully saturated rings. The number of pyridine rings is 1. The van der Waals surface area contributed by atoms with Gasteiger partial charge in [0.05, 0.1) is 19.9 Å². The zero-order chi connectivity index (χ0) is 20.3. The Morgan fingerprint density at radius 3 is 2.57 bits per heavy atom. The standard InChI is InChI=1S/C21H23N3O3S/c1-13(2)22-18-8-6-7-11-24(18)21(25)19-14(3)23-20(28-19)15-9-10-16(26-4)17(12-15)27-5/h6-13H,1-5H3. The molecule has 0 amide bonds. The summed E-state index contributed by atoms with van der Waals surface area (Å²) in [5, 5.41) is 0.751. The van der Waals surface area contributed by atoms with Crippen molar-refractivity contribution in [1.82, 2.24) is 9.55 Å². The average Bonchev–Trinajstić information content (AvgIpc) is 3.08. The van der Waals surface area contributed by atoms with Gasteiger partial charge >= 0.3 is 0 Å². The van der Waals surface area contributed by atoms with Gasteiger partial charge in [-0.2, -0.15) is 0 Å². The van der Waals surface area contributed by atoms with E-state index in [0.29, 0.717) is 27.6 Å². The Morgan fingerprint density at radius 2 is 1.89 bits per heavy atom. The lowest BCUT2D eigenvalue weighted by Crippen LogP contribution is -2.28. The molecule has 7 heteroatoms. The fourth-order valence-electron chi connectivity index (χ4n) is 2.77. The number of nitrogens with zero attached hydrogens (tertiary/aromatic N) is 3. The van der Waals surface area contributed by atoms with Crippen molar-refractivity contribution in [2.24, 2.45) is 4.99 Å². The van der Waals surface area contributed by atoms with Crippen LogP contribution in [0.25, 0.3) is 10.6 Å². The number of methoxy groups -OCH3 is 2. The minimum Gasteiger partial charge on any atom is -0.493 e. The molecule has 0 bridgehead atoms. The third-order valence-electron chi connectivity index (χ3n) is 4.07. The molecule has 0 unspecified atom stereocenters. The number of aromatic nitrogens is 2. The molecule has 0 radical (unpaired) electrons. The summed E-state index contributed by atoms with van der Waals surface area (Å²) in [6.07, 6.45) is 1.73. The summed E-state index contributed by atoms with van der Waals surface area (Å²) in [4.78, 5) is 22.9. The zero-order valence-corrected chi connectivity index (χ0v) is 17.4. The van der Waals surface area contributed by atoms with Gasteiger partial charge in [-0.15, -0.1) is 11.3 Å². The van der Waals surface area contributed by atoms with Gasteiger partial charge in [-0.3, -0.25) is 14.4 Å². The van der Waals surface area contributed by atoms with Crippen molar-refractivity contribution in [2.75, 3.05) is 14.2 Å². The minimum absolute atomic E-state index is 0.0892. The number of aryl methyl sites for hydroxylation is 1. The third-order valence-corrected chi connectivity index (χ3v) is 5.26.